The Morgan fingerprint density at radius 3 is 2.41 bits per heavy atom. The lowest BCUT2D eigenvalue weighted by Gasteiger charge is -2.31. The molecule has 1 saturated heterocycles. The van der Waals surface area contributed by atoms with Gasteiger partial charge in [-0.15, -0.1) is 0 Å². The zero-order valence-electron chi connectivity index (χ0n) is 14.3. The maximum atomic E-state index is 12.5. The third-order valence-corrected chi connectivity index (χ3v) is 5.09. The average Bonchev–Trinajstić information content (AvgIpc) is 2.97. The lowest BCUT2D eigenvalue weighted by atomic mass is 9.96. The molecule has 2 N–H and O–H groups in total. The molecule has 0 unspecified atom stereocenters. The van der Waals surface area contributed by atoms with Gasteiger partial charge in [0.15, 0.2) is 0 Å². The Morgan fingerprint density at radius 1 is 1.09 bits per heavy atom. The Balaban J connectivity index is 1.91. The molecule has 0 aromatic carbocycles. The summed E-state index contributed by atoms with van der Waals surface area (Å²) in [7, 11) is 0. The van der Waals surface area contributed by atoms with Crippen LogP contribution in [0.2, 0.25) is 0 Å². The minimum absolute atomic E-state index is 0.0110. The number of carbonyl (C=O) groups excluding carboxylic acids is 2. The molecule has 0 radical (unpaired) electrons. The van der Waals surface area contributed by atoms with E-state index in [0.717, 1.165) is 32.1 Å². The van der Waals surface area contributed by atoms with Crippen molar-refractivity contribution in [1.29, 1.82) is 0 Å². The van der Waals surface area contributed by atoms with Crippen molar-refractivity contribution in [2.24, 2.45) is 0 Å². The van der Waals surface area contributed by atoms with Crippen LogP contribution in [0.4, 0.5) is 4.79 Å². The Hall–Kier alpha value is -1.26. The van der Waals surface area contributed by atoms with Crippen LogP contribution in [0.1, 0.15) is 72.1 Å². The van der Waals surface area contributed by atoms with E-state index < -0.39 is 0 Å². The molecule has 2 aliphatic rings. The number of hydrogen-bond acceptors (Lipinski definition) is 2. The summed E-state index contributed by atoms with van der Waals surface area (Å²) >= 11 is 0. The first kappa shape index (κ1) is 17.1. The largest absolute Gasteiger partial charge is 0.349 e. The van der Waals surface area contributed by atoms with Gasteiger partial charge in [0.1, 0.15) is 6.04 Å². The van der Waals surface area contributed by atoms with Gasteiger partial charge in [-0.25, -0.2) is 4.79 Å². The van der Waals surface area contributed by atoms with Crippen molar-refractivity contribution in [3.8, 4) is 0 Å². The van der Waals surface area contributed by atoms with Gasteiger partial charge in [-0.05, 0) is 46.0 Å². The third-order valence-electron chi connectivity index (χ3n) is 5.09. The SMILES string of the molecule is CCC(C)(C)NC(=O)[C@@H]1CCCN1C(=O)NC1CCCCC1. The van der Waals surface area contributed by atoms with Crippen molar-refractivity contribution in [1.82, 2.24) is 15.5 Å². The molecule has 1 saturated carbocycles. The molecule has 1 aliphatic carbocycles. The fourth-order valence-electron chi connectivity index (χ4n) is 3.29. The van der Waals surface area contributed by atoms with Gasteiger partial charge in [-0.1, -0.05) is 26.2 Å². The third kappa shape index (κ3) is 4.37. The summed E-state index contributed by atoms with van der Waals surface area (Å²) in [5.74, 6) is -0.0110. The van der Waals surface area contributed by atoms with Gasteiger partial charge in [-0.3, -0.25) is 4.79 Å². The number of amides is 3. The van der Waals surface area contributed by atoms with Crippen LogP contribution in [0.15, 0.2) is 0 Å². The lowest BCUT2D eigenvalue weighted by molar-refractivity contribution is -0.126. The fourth-order valence-corrected chi connectivity index (χ4v) is 3.29. The Labute approximate surface area is 134 Å². The quantitative estimate of drug-likeness (QED) is 0.839. The minimum Gasteiger partial charge on any atom is -0.349 e. The van der Waals surface area contributed by atoms with Crippen molar-refractivity contribution < 1.29 is 9.59 Å². The van der Waals surface area contributed by atoms with E-state index in [4.69, 9.17) is 0 Å². The molecule has 126 valence electrons. The summed E-state index contributed by atoms with van der Waals surface area (Å²) in [5.41, 5.74) is -0.217. The predicted octanol–water partition coefficient (Wildman–Crippen LogP) is 2.80. The molecule has 0 spiro atoms. The van der Waals surface area contributed by atoms with Crippen LogP contribution in [0.3, 0.4) is 0 Å². The maximum Gasteiger partial charge on any atom is 0.318 e. The van der Waals surface area contributed by atoms with Crippen LogP contribution in [-0.4, -0.2) is 41.0 Å². The first-order chi connectivity index (χ1) is 10.4. The van der Waals surface area contributed by atoms with Gasteiger partial charge < -0.3 is 15.5 Å². The standard InChI is InChI=1S/C17H31N3O2/c1-4-17(2,3)19-15(21)14-11-8-12-20(14)16(22)18-13-9-6-5-7-10-13/h13-14H,4-12H2,1-3H3,(H,18,22)(H,19,21)/t14-/m0/s1. The molecule has 0 bridgehead atoms. The molecule has 0 aromatic heterocycles. The molecule has 2 fully saturated rings. The predicted molar refractivity (Wildman–Crippen MR) is 87.6 cm³/mol. The normalized spacial score (nSPS) is 23.4. The summed E-state index contributed by atoms with van der Waals surface area (Å²) in [5, 5.41) is 6.21. The van der Waals surface area contributed by atoms with Crippen molar-refractivity contribution >= 4 is 11.9 Å². The second-order valence-corrected chi connectivity index (χ2v) is 7.36. The first-order valence-corrected chi connectivity index (χ1v) is 8.82. The monoisotopic (exact) mass is 309 g/mol. The molecular weight excluding hydrogens is 278 g/mol. The van der Waals surface area contributed by atoms with E-state index in [1.54, 1.807) is 4.90 Å². The Kier molecular flexibility index (Phi) is 5.70. The van der Waals surface area contributed by atoms with Crippen LogP contribution >= 0.6 is 0 Å². The van der Waals surface area contributed by atoms with E-state index >= 15 is 0 Å². The highest BCUT2D eigenvalue weighted by molar-refractivity contribution is 5.88. The number of nitrogens with zero attached hydrogens (tertiary/aromatic N) is 1. The zero-order valence-corrected chi connectivity index (χ0v) is 14.3. The zero-order chi connectivity index (χ0) is 16.2. The molecule has 22 heavy (non-hydrogen) atoms. The highest BCUT2D eigenvalue weighted by atomic mass is 16.2. The average molecular weight is 309 g/mol. The number of urea groups is 1. The van der Waals surface area contributed by atoms with Gasteiger partial charge >= 0.3 is 6.03 Å². The summed E-state index contributed by atoms with van der Waals surface area (Å²) in [6, 6.07) is -0.0779. The van der Waals surface area contributed by atoms with Crippen molar-refractivity contribution in [3.05, 3.63) is 0 Å². The van der Waals surface area contributed by atoms with E-state index in [9.17, 15) is 9.59 Å². The number of rotatable bonds is 4. The van der Waals surface area contributed by atoms with E-state index in [1.165, 1.54) is 19.3 Å². The summed E-state index contributed by atoms with van der Waals surface area (Å²) in [4.78, 5) is 26.7. The first-order valence-electron chi connectivity index (χ1n) is 8.82. The highest BCUT2D eigenvalue weighted by Gasteiger charge is 2.36. The van der Waals surface area contributed by atoms with Gasteiger partial charge in [0.05, 0.1) is 0 Å². The van der Waals surface area contributed by atoms with Crippen LogP contribution in [0.25, 0.3) is 0 Å². The molecule has 2 rings (SSSR count). The minimum atomic E-state index is -0.311. The molecule has 5 heteroatoms. The van der Waals surface area contributed by atoms with E-state index in [1.807, 2.05) is 13.8 Å². The molecule has 0 aromatic rings. The number of carbonyl (C=O) groups is 2. The number of likely N-dealkylation sites (tertiary alicyclic amines) is 1. The van der Waals surface area contributed by atoms with E-state index in [2.05, 4.69) is 17.6 Å². The Bertz CT molecular complexity index is 403. The smallest absolute Gasteiger partial charge is 0.318 e. The molecular formula is C17H31N3O2. The fraction of sp³-hybridized carbons (Fsp3) is 0.882. The summed E-state index contributed by atoms with van der Waals surface area (Å²) < 4.78 is 0. The van der Waals surface area contributed by atoms with Crippen LogP contribution in [0, 0.1) is 0 Å². The van der Waals surface area contributed by atoms with Crippen molar-refractivity contribution in [3.63, 3.8) is 0 Å². The molecule has 5 nitrogen and oxygen atoms in total. The van der Waals surface area contributed by atoms with Crippen molar-refractivity contribution in [2.75, 3.05) is 6.54 Å². The van der Waals surface area contributed by atoms with Gasteiger partial charge in [0.25, 0.3) is 0 Å². The number of nitrogens with one attached hydrogen (secondary N) is 2. The second-order valence-electron chi connectivity index (χ2n) is 7.36. The molecule has 1 atom stereocenters. The van der Waals surface area contributed by atoms with Gasteiger partial charge in [-0.2, -0.15) is 0 Å². The van der Waals surface area contributed by atoms with E-state index in [-0.39, 0.29) is 29.6 Å². The van der Waals surface area contributed by atoms with Crippen LogP contribution < -0.4 is 10.6 Å². The maximum absolute atomic E-state index is 12.5. The van der Waals surface area contributed by atoms with E-state index in [0.29, 0.717) is 6.54 Å². The van der Waals surface area contributed by atoms with Crippen LogP contribution in [-0.2, 0) is 4.79 Å². The van der Waals surface area contributed by atoms with Gasteiger partial charge in [0.2, 0.25) is 5.91 Å². The van der Waals surface area contributed by atoms with Crippen molar-refractivity contribution in [2.45, 2.75) is 89.8 Å². The van der Waals surface area contributed by atoms with Crippen LogP contribution in [0.5, 0.6) is 0 Å². The Morgan fingerprint density at radius 2 is 1.77 bits per heavy atom. The number of hydrogen-bond donors (Lipinski definition) is 2. The summed E-state index contributed by atoms with van der Waals surface area (Å²) in [6.45, 7) is 6.78. The summed E-state index contributed by atoms with van der Waals surface area (Å²) in [6.07, 6.45) is 8.34. The molecule has 1 aliphatic heterocycles. The second kappa shape index (κ2) is 7.34. The molecule has 1 heterocycles. The molecule has 3 amide bonds. The van der Waals surface area contributed by atoms with Gasteiger partial charge in [0, 0.05) is 18.1 Å². The lowest BCUT2D eigenvalue weighted by Crippen LogP contribution is -2.55. The highest BCUT2D eigenvalue weighted by Crippen LogP contribution is 2.21. The topological polar surface area (TPSA) is 61.4 Å².